The van der Waals surface area contributed by atoms with Crippen LogP contribution in [0.1, 0.15) is 6.42 Å². The van der Waals surface area contributed by atoms with Crippen molar-refractivity contribution in [3.63, 3.8) is 0 Å². The van der Waals surface area contributed by atoms with Crippen molar-refractivity contribution in [2.45, 2.75) is 11.3 Å². The molecule has 11 heteroatoms. The third kappa shape index (κ3) is 5.08. The molecule has 0 radical (unpaired) electrons. The van der Waals surface area contributed by atoms with Gasteiger partial charge in [-0.25, -0.2) is 8.42 Å². The van der Waals surface area contributed by atoms with E-state index in [4.69, 9.17) is 25.5 Å². The maximum Gasteiger partial charge on any atom is 0.322 e. The van der Waals surface area contributed by atoms with Gasteiger partial charge in [-0.3, -0.25) is 10.1 Å². The quantitative estimate of drug-likeness (QED) is 0.554. The second-order valence-corrected chi connectivity index (χ2v) is 8.60. The lowest BCUT2D eigenvalue weighted by molar-refractivity contribution is -0.115. The molecule has 1 N–H and O–H groups in total. The first kappa shape index (κ1) is 21.6. The molecule has 2 aromatic carbocycles. The number of aromatic nitrogens is 2. The molecule has 0 fully saturated rings. The molecular weight excluding hydrogens is 434 g/mol. The topological polar surface area (TPSA) is 121 Å². The number of hydrogen-bond donors (Lipinski definition) is 1. The Morgan fingerprint density at radius 3 is 2.43 bits per heavy atom. The lowest BCUT2D eigenvalue weighted by atomic mass is 10.2. The lowest BCUT2D eigenvalue weighted by Gasteiger charge is -2.07. The number of rotatable bonds is 8. The second-order valence-electron chi connectivity index (χ2n) is 6.05. The molecule has 0 aliphatic carbocycles. The third-order valence-electron chi connectivity index (χ3n) is 4.07. The maximum absolute atomic E-state index is 12.3. The summed E-state index contributed by atoms with van der Waals surface area (Å²) >= 11 is 5.76. The van der Waals surface area contributed by atoms with E-state index in [0.717, 1.165) is 0 Å². The molecule has 3 rings (SSSR count). The molecule has 9 nitrogen and oxygen atoms in total. The van der Waals surface area contributed by atoms with Gasteiger partial charge in [0.2, 0.25) is 11.8 Å². The zero-order valence-corrected chi connectivity index (χ0v) is 17.7. The summed E-state index contributed by atoms with van der Waals surface area (Å²) in [5.74, 6) is 0.217. The molecule has 30 heavy (non-hydrogen) atoms. The minimum atomic E-state index is -3.63. The smallest absolute Gasteiger partial charge is 0.322 e. The summed E-state index contributed by atoms with van der Waals surface area (Å²) in [6.45, 7) is 0. The third-order valence-corrected chi connectivity index (χ3v) is 6.06. The van der Waals surface area contributed by atoms with E-state index in [1.54, 1.807) is 18.2 Å². The molecule has 0 saturated carbocycles. The molecule has 0 atom stereocenters. The van der Waals surface area contributed by atoms with E-state index >= 15 is 0 Å². The molecule has 0 aliphatic heterocycles. The van der Waals surface area contributed by atoms with Gasteiger partial charge in [0.1, 0.15) is 0 Å². The monoisotopic (exact) mass is 451 g/mol. The predicted molar refractivity (Wildman–Crippen MR) is 110 cm³/mol. The summed E-state index contributed by atoms with van der Waals surface area (Å²) in [4.78, 5) is 12.2. The number of anilines is 1. The van der Waals surface area contributed by atoms with Crippen molar-refractivity contribution in [2.24, 2.45) is 0 Å². The molecule has 3 aromatic rings. The molecule has 158 valence electrons. The summed E-state index contributed by atoms with van der Waals surface area (Å²) in [6.07, 6.45) is -0.279. The number of nitrogens with zero attached hydrogens (tertiary/aromatic N) is 2. The van der Waals surface area contributed by atoms with Crippen LogP contribution >= 0.6 is 11.6 Å². The van der Waals surface area contributed by atoms with Crippen LogP contribution < -0.4 is 14.8 Å². The fourth-order valence-electron chi connectivity index (χ4n) is 2.53. The van der Waals surface area contributed by atoms with Gasteiger partial charge in [-0.2, -0.15) is 0 Å². The number of amides is 1. The molecule has 0 saturated heterocycles. The molecule has 1 aromatic heterocycles. The Balaban J connectivity index is 1.63. The van der Waals surface area contributed by atoms with Crippen LogP contribution in [0.2, 0.25) is 5.02 Å². The number of benzene rings is 2. The molecule has 1 heterocycles. The van der Waals surface area contributed by atoms with E-state index < -0.39 is 15.7 Å². The number of sulfone groups is 1. The van der Waals surface area contributed by atoms with Crippen LogP contribution in [0.5, 0.6) is 11.5 Å². The van der Waals surface area contributed by atoms with Crippen molar-refractivity contribution in [1.29, 1.82) is 0 Å². The van der Waals surface area contributed by atoms with E-state index in [0.29, 0.717) is 22.1 Å². The fraction of sp³-hybridized carbons (Fsp3) is 0.211. The summed E-state index contributed by atoms with van der Waals surface area (Å²) < 4.78 is 40.4. The number of ether oxygens (including phenoxy) is 2. The van der Waals surface area contributed by atoms with Gasteiger partial charge < -0.3 is 13.9 Å². The first-order valence-corrected chi connectivity index (χ1v) is 10.7. The SMILES string of the molecule is COc1ccc(-c2nnc(NC(=O)CCS(=O)(=O)c3ccc(Cl)cc3)o2)cc1OC. The summed E-state index contributed by atoms with van der Waals surface area (Å²) in [7, 11) is -0.610. The first-order valence-electron chi connectivity index (χ1n) is 8.66. The van der Waals surface area contributed by atoms with Gasteiger partial charge in [0.15, 0.2) is 21.3 Å². The maximum atomic E-state index is 12.3. The fourth-order valence-corrected chi connectivity index (χ4v) is 3.89. The van der Waals surface area contributed by atoms with E-state index in [-0.39, 0.29) is 29.0 Å². The molecule has 0 bridgehead atoms. The molecule has 0 aliphatic rings. The van der Waals surface area contributed by atoms with E-state index in [9.17, 15) is 13.2 Å². The Bertz CT molecular complexity index is 1150. The number of carbonyl (C=O) groups is 1. The lowest BCUT2D eigenvalue weighted by Crippen LogP contribution is -2.17. The number of hydrogen-bond acceptors (Lipinski definition) is 8. The summed E-state index contributed by atoms with van der Waals surface area (Å²) in [5, 5.41) is 10.5. The number of carbonyl (C=O) groups excluding carboxylic acids is 1. The largest absolute Gasteiger partial charge is 0.493 e. The highest BCUT2D eigenvalue weighted by Gasteiger charge is 2.18. The van der Waals surface area contributed by atoms with Gasteiger partial charge in [0, 0.05) is 17.0 Å². The van der Waals surface area contributed by atoms with Crippen LogP contribution in [-0.4, -0.2) is 44.5 Å². The molecule has 0 spiro atoms. The van der Waals surface area contributed by atoms with Gasteiger partial charge in [0.05, 0.1) is 24.9 Å². The molecule has 0 unspecified atom stereocenters. The van der Waals surface area contributed by atoms with Crippen molar-refractivity contribution in [2.75, 3.05) is 25.3 Å². The van der Waals surface area contributed by atoms with Gasteiger partial charge in [-0.15, -0.1) is 5.10 Å². The standard InChI is InChI=1S/C19H18ClN3O6S/c1-27-15-8-3-12(11-16(15)28-2)18-22-23-19(29-18)21-17(24)9-10-30(25,26)14-6-4-13(20)5-7-14/h3-8,11H,9-10H2,1-2H3,(H,21,23,24). The van der Waals surface area contributed by atoms with Gasteiger partial charge in [-0.05, 0) is 42.5 Å². The number of nitrogens with one attached hydrogen (secondary N) is 1. The molecular formula is C19H18ClN3O6S. The zero-order chi connectivity index (χ0) is 21.7. The van der Waals surface area contributed by atoms with E-state index in [1.165, 1.54) is 38.5 Å². The van der Waals surface area contributed by atoms with Crippen LogP contribution in [-0.2, 0) is 14.6 Å². The Kier molecular flexibility index (Phi) is 6.58. The average Bonchev–Trinajstić information content (AvgIpc) is 3.20. The van der Waals surface area contributed by atoms with Crippen LogP contribution in [0.3, 0.4) is 0 Å². The van der Waals surface area contributed by atoms with Crippen molar-refractivity contribution in [1.82, 2.24) is 10.2 Å². The van der Waals surface area contributed by atoms with Gasteiger partial charge in [0.25, 0.3) is 0 Å². The minimum absolute atomic E-state index is 0.0910. The highest BCUT2D eigenvalue weighted by atomic mass is 35.5. The summed E-state index contributed by atoms with van der Waals surface area (Å²) in [5.41, 5.74) is 0.561. The van der Waals surface area contributed by atoms with E-state index in [2.05, 4.69) is 15.5 Å². The van der Waals surface area contributed by atoms with Gasteiger partial charge in [-0.1, -0.05) is 16.7 Å². The Morgan fingerprint density at radius 2 is 1.77 bits per heavy atom. The Morgan fingerprint density at radius 1 is 1.07 bits per heavy atom. The highest BCUT2D eigenvalue weighted by Crippen LogP contribution is 2.32. The second kappa shape index (κ2) is 9.14. The molecule has 1 amide bonds. The van der Waals surface area contributed by atoms with Crippen molar-refractivity contribution < 1.29 is 27.1 Å². The van der Waals surface area contributed by atoms with Crippen molar-refractivity contribution in [3.8, 4) is 23.0 Å². The van der Waals surface area contributed by atoms with Crippen molar-refractivity contribution in [3.05, 3.63) is 47.5 Å². The van der Waals surface area contributed by atoms with Gasteiger partial charge >= 0.3 is 6.01 Å². The van der Waals surface area contributed by atoms with Crippen molar-refractivity contribution >= 4 is 33.4 Å². The van der Waals surface area contributed by atoms with Crippen LogP contribution in [0.25, 0.3) is 11.5 Å². The van der Waals surface area contributed by atoms with Crippen LogP contribution in [0.4, 0.5) is 6.01 Å². The highest BCUT2D eigenvalue weighted by molar-refractivity contribution is 7.91. The summed E-state index contributed by atoms with van der Waals surface area (Å²) in [6, 6.07) is 10.6. The number of methoxy groups -OCH3 is 2. The predicted octanol–water partition coefficient (Wildman–Crippen LogP) is 3.21. The Hall–Kier alpha value is -3.11. The average molecular weight is 452 g/mol. The Labute approximate surface area is 177 Å². The number of halogens is 1. The van der Waals surface area contributed by atoms with E-state index in [1.807, 2.05) is 0 Å². The zero-order valence-electron chi connectivity index (χ0n) is 16.1. The van der Waals surface area contributed by atoms with Crippen LogP contribution in [0.15, 0.2) is 51.8 Å². The first-order chi connectivity index (χ1) is 14.3. The van der Waals surface area contributed by atoms with Crippen LogP contribution in [0, 0.1) is 0 Å². The minimum Gasteiger partial charge on any atom is -0.493 e. The normalized spacial score (nSPS) is 11.2.